The zero-order valence-electron chi connectivity index (χ0n) is 18.0. The summed E-state index contributed by atoms with van der Waals surface area (Å²) in [5, 5.41) is 0. The van der Waals surface area contributed by atoms with E-state index in [9.17, 15) is 9.59 Å². The molecule has 1 aromatic carbocycles. The summed E-state index contributed by atoms with van der Waals surface area (Å²) in [7, 11) is 2.89. The zero-order valence-corrected chi connectivity index (χ0v) is 18.0. The van der Waals surface area contributed by atoms with Gasteiger partial charge in [-0.2, -0.15) is 0 Å². The molecule has 0 amide bonds. The monoisotopic (exact) mass is 428 g/mol. The molecule has 2 aliphatic heterocycles. The molecule has 1 fully saturated rings. The lowest BCUT2D eigenvalue weighted by Gasteiger charge is -2.36. The van der Waals surface area contributed by atoms with E-state index in [0.29, 0.717) is 31.5 Å². The molecule has 31 heavy (non-hydrogen) atoms. The maximum atomic E-state index is 13.5. The number of hydrogen-bond acceptors (Lipinski definition) is 7. The summed E-state index contributed by atoms with van der Waals surface area (Å²) >= 11 is 0. The molecule has 0 atom stereocenters. The van der Waals surface area contributed by atoms with E-state index in [0.717, 1.165) is 31.2 Å². The van der Waals surface area contributed by atoms with E-state index in [1.54, 1.807) is 11.7 Å². The minimum Gasteiger partial charge on any atom is -0.481 e. The summed E-state index contributed by atoms with van der Waals surface area (Å²) in [5.74, 6) is 0.0779. The smallest absolute Gasteiger partial charge is 0.360 e. The molecule has 2 bridgehead atoms. The third-order valence-electron chi connectivity index (χ3n) is 6.16. The van der Waals surface area contributed by atoms with Crippen LogP contribution in [-0.4, -0.2) is 43.0 Å². The van der Waals surface area contributed by atoms with Gasteiger partial charge in [0.2, 0.25) is 5.75 Å². The maximum absolute atomic E-state index is 13.5. The second-order valence-electron chi connectivity index (χ2n) is 8.07. The van der Waals surface area contributed by atoms with Crippen molar-refractivity contribution in [3.63, 3.8) is 0 Å². The van der Waals surface area contributed by atoms with Crippen LogP contribution in [0.2, 0.25) is 0 Å². The van der Waals surface area contributed by atoms with Gasteiger partial charge in [-0.3, -0.25) is 9.36 Å². The molecule has 0 unspecified atom stereocenters. The first kappa shape index (κ1) is 21.5. The first-order valence-electron chi connectivity index (χ1n) is 10.6. The van der Waals surface area contributed by atoms with Crippen molar-refractivity contribution in [2.75, 3.05) is 27.4 Å². The molecule has 3 heterocycles. The summed E-state index contributed by atoms with van der Waals surface area (Å²) in [6, 6.07) is 9.47. The Morgan fingerprint density at radius 3 is 2.58 bits per heavy atom. The molecule has 1 aromatic heterocycles. The Kier molecular flexibility index (Phi) is 6.38. The van der Waals surface area contributed by atoms with Crippen LogP contribution in [0, 0.1) is 5.92 Å². The van der Waals surface area contributed by atoms with Gasteiger partial charge >= 0.3 is 5.97 Å². The van der Waals surface area contributed by atoms with Crippen LogP contribution >= 0.6 is 0 Å². The summed E-state index contributed by atoms with van der Waals surface area (Å²) in [5.41, 5.74) is -0.299. The lowest BCUT2D eigenvalue weighted by atomic mass is 9.80. The third kappa shape index (κ3) is 4.22. The Morgan fingerprint density at radius 2 is 1.90 bits per heavy atom. The predicted molar refractivity (Wildman–Crippen MR) is 112 cm³/mol. The second kappa shape index (κ2) is 9.20. The highest BCUT2D eigenvalue weighted by atomic mass is 16.5. The number of carbonyl (C=O) groups is 1. The van der Waals surface area contributed by atoms with Gasteiger partial charge in [0.1, 0.15) is 18.0 Å². The molecule has 8 nitrogen and oxygen atoms in total. The Hall–Kier alpha value is -2.71. The fraction of sp³-hybridized carbons (Fsp3) is 0.522. The molecule has 2 aromatic rings. The van der Waals surface area contributed by atoms with E-state index < -0.39 is 11.6 Å². The van der Waals surface area contributed by atoms with Gasteiger partial charge in [0.25, 0.3) is 5.56 Å². The SMILES string of the molecule is COCCOC12CCC(CC1)Cn1c2nc(C(=O)OC)c(OCc2ccccc2)c1=O. The van der Waals surface area contributed by atoms with Gasteiger partial charge in [-0.05, 0) is 37.2 Å². The lowest BCUT2D eigenvalue weighted by molar-refractivity contribution is -0.0970. The minimum absolute atomic E-state index is 0.0761. The van der Waals surface area contributed by atoms with Gasteiger partial charge in [0.15, 0.2) is 5.69 Å². The number of ether oxygens (including phenoxy) is 4. The average molecular weight is 428 g/mol. The third-order valence-corrected chi connectivity index (χ3v) is 6.16. The van der Waals surface area contributed by atoms with Gasteiger partial charge in [-0.1, -0.05) is 30.3 Å². The van der Waals surface area contributed by atoms with Crippen molar-refractivity contribution < 1.29 is 23.7 Å². The molecule has 8 heteroatoms. The van der Waals surface area contributed by atoms with Gasteiger partial charge in [0, 0.05) is 13.7 Å². The lowest BCUT2D eigenvalue weighted by Crippen LogP contribution is -2.39. The van der Waals surface area contributed by atoms with Crippen LogP contribution in [0.1, 0.15) is 47.6 Å². The van der Waals surface area contributed by atoms with Crippen LogP contribution in [0.25, 0.3) is 0 Å². The number of methoxy groups -OCH3 is 2. The van der Waals surface area contributed by atoms with Crippen LogP contribution < -0.4 is 10.3 Å². The van der Waals surface area contributed by atoms with Crippen LogP contribution in [0.5, 0.6) is 5.75 Å². The Bertz CT molecular complexity index is 980. The molecule has 0 spiro atoms. The summed E-state index contributed by atoms with van der Waals surface area (Å²) in [6.07, 6.45) is 3.37. The molecule has 0 N–H and O–H groups in total. The van der Waals surface area contributed by atoms with Crippen molar-refractivity contribution in [1.82, 2.24) is 9.55 Å². The minimum atomic E-state index is -0.717. The highest BCUT2D eigenvalue weighted by Crippen LogP contribution is 2.45. The highest BCUT2D eigenvalue weighted by molar-refractivity contribution is 5.90. The first-order chi connectivity index (χ1) is 15.1. The van der Waals surface area contributed by atoms with E-state index in [4.69, 9.17) is 18.9 Å². The molecule has 5 rings (SSSR count). The fourth-order valence-electron chi connectivity index (χ4n) is 4.49. The number of rotatable bonds is 8. The average Bonchev–Trinajstić information content (AvgIpc) is 3.05. The van der Waals surface area contributed by atoms with Gasteiger partial charge in [0.05, 0.1) is 20.3 Å². The highest BCUT2D eigenvalue weighted by Gasteiger charge is 2.46. The Balaban J connectivity index is 1.78. The second-order valence-corrected chi connectivity index (χ2v) is 8.07. The quantitative estimate of drug-likeness (QED) is 0.472. The first-order valence-corrected chi connectivity index (χ1v) is 10.6. The van der Waals surface area contributed by atoms with Crippen molar-refractivity contribution in [3.05, 3.63) is 57.8 Å². The zero-order chi connectivity index (χ0) is 21.8. The van der Waals surface area contributed by atoms with Crippen molar-refractivity contribution >= 4 is 5.97 Å². The molecular formula is C23H28N2O6. The molecule has 0 saturated heterocycles. The van der Waals surface area contributed by atoms with Gasteiger partial charge in [-0.25, -0.2) is 9.78 Å². The topological polar surface area (TPSA) is 88.9 Å². The number of aromatic nitrogens is 2. The molecule has 166 valence electrons. The molecule has 1 aliphatic carbocycles. The van der Waals surface area contributed by atoms with E-state index in [1.807, 2.05) is 30.3 Å². The number of hydrogen-bond donors (Lipinski definition) is 0. The maximum Gasteiger partial charge on any atom is 0.360 e. The molecule has 0 radical (unpaired) electrons. The largest absolute Gasteiger partial charge is 0.481 e. The summed E-state index contributed by atoms with van der Waals surface area (Å²) in [6.45, 7) is 1.52. The summed E-state index contributed by atoms with van der Waals surface area (Å²) in [4.78, 5) is 30.7. The van der Waals surface area contributed by atoms with E-state index in [-0.39, 0.29) is 23.6 Å². The van der Waals surface area contributed by atoms with Crippen LogP contribution in [0.3, 0.4) is 0 Å². The number of benzene rings is 1. The number of carbonyl (C=O) groups excluding carboxylic acids is 1. The fourth-order valence-corrected chi connectivity index (χ4v) is 4.49. The van der Waals surface area contributed by atoms with Gasteiger partial charge < -0.3 is 18.9 Å². The number of esters is 1. The standard InChI is InChI=1S/C23H28N2O6/c1-28-12-13-31-23-10-8-16(9-11-23)14-25-20(26)19(18(21(27)29-2)24-22(23)25)30-15-17-6-4-3-5-7-17/h3-7,16H,8-15H2,1-2H3. The van der Waals surface area contributed by atoms with E-state index in [2.05, 4.69) is 4.98 Å². The molecular weight excluding hydrogens is 400 g/mol. The number of fused-ring (bicyclic) bond motifs is 2. The van der Waals surface area contributed by atoms with Crippen molar-refractivity contribution in [2.45, 2.75) is 44.4 Å². The Labute approximate surface area is 181 Å². The van der Waals surface area contributed by atoms with E-state index in [1.165, 1.54) is 7.11 Å². The van der Waals surface area contributed by atoms with Gasteiger partial charge in [-0.15, -0.1) is 0 Å². The van der Waals surface area contributed by atoms with Crippen LogP contribution in [0.15, 0.2) is 35.1 Å². The van der Waals surface area contributed by atoms with Crippen LogP contribution in [0.4, 0.5) is 0 Å². The normalized spacial score (nSPS) is 21.9. The van der Waals surface area contributed by atoms with Crippen molar-refractivity contribution in [1.29, 1.82) is 0 Å². The predicted octanol–water partition coefficient (Wildman–Crippen LogP) is 2.67. The van der Waals surface area contributed by atoms with E-state index >= 15 is 0 Å². The van der Waals surface area contributed by atoms with Crippen molar-refractivity contribution in [3.8, 4) is 5.75 Å². The van der Waals surface area contributed by atoms with Crippen LogP contribution in [-0.2, 0) is 33.0 Å². The number of nitrogens with zero attached hydrogens (tertiary/aromatic N) is 2. The molecule has 1 saturated carbocycles. The van der Waals surface area contributed by atoms with Crippen molar-refractivity contribution in [2.24, 2.45) is 5.92 Å². The summed E-state index contributed by atoms with van der Waals surface area (Å²) < 4.78 is 23.8. The molecule has 3 aliphatic rings. The Morgan fingerprint density at radius 1 is 1.16 bits per heavy atom.